The number of fused-ring (bicyclic) bond motifs is 3. The van der Waals surface area contributed by atoms with Crippen molar-refractivity contribution in [3.63, 3.8) is 0 Å². The molecule has 1 unspecified atom stereocenters. The van der Waals surface area contributed by atoms with E-state index in [2.05, 4.69) is 79.0 Å². The molecule has 3 aromatic rings. The van der Waals surface area contributed by atoms with Gasteiger partial charge in [-0.05, 0) is 31.4 Å². The number of pyridine rings is 1. The smallest absolute Gasteiger partial charge is 0.202 e. The van der Waals surface area contributed by atoms with Crippen LogP contribution >= 0.6 is 0 Å². The van der Waals surface area contributed by atoms with E-state index in [9.17, 15) is 0 Å². The summed E-state index contributed by atoms with van der Waals surface area (Å²) in [7, 11) is 0. The van der Waals surface area contributed by atoms with E-state index in [1.165, 1.54) is 27.5 Å². The standard InChI is InChI=1S/C19H17N2/c1-13-9-14(2)11-16(10-13)18-12-21-8-7-15-5-3-4-6-17(15)19(21)20-18/h3-12,18H,1-2H3/q+1. The lowest BCUT2D eigenvalue weighted by Gasteiger charge is -2.02. The van der Waals surface area contributed by atoms with Gasteiger partial charge in [0.1, 0.15) is 6.21 Å². The Kier molecular flexibility index (Phi) is 2.64. The van der Waals surface area contributed by atoms with Gasteiger partial charge in [0, 0.05) is 5.56 Å². The molecule has 1 aromatic heterocycles. The minimum absolute atomic E-state index is 0.106. The Morgan fingerprint density at radius 2 is 1.71 bits per heavy atom. The number of hydrogen-bond acceptors (Lipinski definition) is 1. The third kappa shape index (κ3) is 2.04. The van der Waals surface area contributed by atoms with Gasteiger partial charge in [0.25, 0.3) is 0 Å². The summed E-state index contributed by atoms with van der Waals surface area (Å²) >= 11 is 0. The van der Waals surface area contributed by atoms with Crippen LogP contribution in [0.25, 0.3) is 10.8 Å². The lowest BCUT2D eigenvalue weighted by Crippen LogP contribution is -2.34. The summed E-state index contributed by atoms with van der Waals surface area (Å²) in [6.07, 6.45) is 4.29. The summed E-state index contributed by atoms with van der Waals surface area (Å²) in [4.78, 5) is 4.94. The Morgan fingerprint density at radius 1 is 0.952 bits per heavy atom. The second kappa shape index (κ2) is 4.52. The van der Waals surface area contributed by atoms with E-state index < -0.39 is 0 Å². The molecule has 1 aliphatic rings. The van der Waals surface area contributed by atoms with Crippen LogP contribution in [0.5, 0.6) is 0 Å². The normalized spacial score (nSPS) is 16.4. The van der Waals surface area contributed by atoms with Crippen LogP contribution in [0.1, 0.15) is 22.7 Å². The SMILES string of the molecule is Cc1cc(C)cc(C2C=[n+]3ccc4ccccc4c3=N2)c1. The molecule has 0 saturated carbocycles. The van der Waals surface area contributed by atoms with Gasteiger partial charge in [-0.2, -0.15) is 0 Å². The van der Waals surface area contributed by atoms with Crippen LogP contribution < -0.4 is 9.73 Å². The second-order valence-electron chi connectivity index (χ2n) is 5.78. The molecule has 0 saturated heterocycles. The highest BCUT2D eigenvalue weighted by atomic mass is 15.0. The van der Waals surface area contributed by atoms with Crippen molar-refractivity contribution in [3.8, 4) is 0 Å². The molecule has 2 nitrogen and oxygen atoms in total. The van der Waals surface area contributed by atoms with E-state index in [0.29, 0.717) is 0 Å². The molecule has 0 aliphatic carbocycles. The van der Waals surface area contributed by atoms with Crippen molar-refractivity contribution in [3.05, 3.63) is 83.1 Å². The molecule has 2 heteroatoms. The highest BCUT2D eigenvalue weighted by molar-refractivity contribution is 5.80. The molecule has 102 valence electrons. The zero-order chi connectivity index (χ0) is 14.4. The van der Waals surface area contributed by atoms with E-state index in [4.69, 9.17) is 4.99 Å². The third-order valence-corrected chi connectivity index (χ3v) is 4.01. The van der Waals surface area contributed by atoms with Crippen molar-refractivity contribution in [2.24, 2.45) is 4.99 Å². The van der Waals surface area contributed by atoms with Crippen LogP contribution in [0, 0.1) is 20.1 Å². The van der Waals surface area contributed by atoms with Gasteiger partial charge in [0.05, 0.1) is 11.6 Å². The summed E-state index contributed by atoms with van der Waals surface area (Å²) in [5, 5.41) is 2.45. The minimum Gasteiger partial charge on any atom is -0.202 e. The predicted molar refractivity (Wildman–Crippen MR) is 83.7 cm³/mol. The molecule has 1 aliphatic heterocycles. The summed E-state index contributed by atoms with van der Waals surface area (Å²) < 4.78 is 2.14. The fourth-order valence-electron chi connectivity index (χ4n) is 3.13. The molecular formula is C19H17N2+. The van der Waals surface area contributed by atoms with Gasteiger partial charge in [-0.25, -0.2) is 4.24 Å². The maximum absolute atomic E-state index is 4.94. The molecule has 0 radical (unpaired) electrons. The van der Waals surface area contributed by atoms with Gasteiger partial charge >= 0.3 is 5.49 Å². The zero-order valence-electron chi connectivity index (χ0n) is 12.2. The average Bonchev–Trinajstić information content (AvgIpc) is 2.91. The number of hydrogen-bond donors (Lipinski definition) is 0. The van der Waals surface area contributed by atoms with Crippen LogP contribution in [0.3, 0.4) is 0 Å². The van der Waals surface area contributed by atoms with E-state index in [0.717, 1.165) is 5.49 Å². The van der Waals surface area contributed by atoms with Crippen molar-refractivity contribution in [1.29, 1.82) is 0 Å². The second-order valence-corrected chi connectivity index (χ2v) is 5.78. The number of benzene rings is 2. The van der Waals surface area contributed by atoms with Crippen molar-refractivity contribution in [2.75, 3.05) is 0 Å². The Morgan fingerprint density at radius 3 is 2.52 bits per heavy atom. The summed E-state index contributed by atoms with van der Waals surface area (Å²) in [6.45, 7) is 4.28. The van der Waals surface area contributed by atoms with Gasteiger partial charge < -0.3 is 0 Å². The number of aromatic nitrogens is 1. The molecule has 0 N–H and O–H groups in total. The molecule has 2 heterocycles. The largest absolute Gasteiger partial charge is 0.330 e. The van der Waals surface area contributed by atoms with Gasteiger partial charge in [-0.1, -0.05) is 52.5 Å². The quantitative estimate of drug-likeness (QED) is 0.607. The maximum atomic E-state index is 4.94. The Hall–Kier alpha value is -2.48. The highest BCUT2D eigenvalue weighted by Gasteiger charge is 2.22. The van der Waals surface area contributed by atoms with Crippen LogP contribution in [-0.4, -0.2) is 0 Å². The number of rotatable bonds is 1. The zero-order valence-corrected chi connectivity index (χ0v) is 12.2. The van der Waals surface area contributed by atoms with Crippen LogP contribution in [0.15, 0.2) is 59.7 Å². The van der Waals surface area contributed by atoms with Gasteiger partial charge in [0.15, 0.2) is 0 Å². The molecule has 0 amide bonds. The first-order valence-electron chi connectivity index (χ1n) is 7.28. The predicted octanol–water partition coefficient (Wildman–Crippen LogP) is 3.13. The van der Waals surface area contributed by atoms with Crippen LogP contribution in [0.4, 0.5) is 0 Å². The molecule has 2 aromatic carbocycles. The first kappa shape index (κ1) is 12.3. The maximum Gasteiger partial charge on any atom is 0.330 e. The highest BCUT2D eigenvalue weighted by Crippen LogP contribution is 2.21. The Bertz CT molecular complexity index is 950. The summed E-state index contributed by atoms with van der Waals surface area (Å²) in [5.74, 6) is 0. The molecule has 0 spiro atoms. The minimum atomic E-state index is 0.106. The topological polar surface area (TPSA) is 18.3 Å². The first-order valence-corrected chi connectivity index (χ1v) is 7.28. The fourth-order valence-corrected chi connectivity index (χ4v) is 3.13. The van der Waals surface area contributed by atoms with Crippen molar-refractivity contribution in [2.45, 2.75) is 19.9 Å². The van der Waals surface area contributed by atoms with Crippen LogP contribution in [-0.2, 0) is 0 Å². The molecule has 0 fully saturated rings. The fraction of sp³-hybridized carbons (Fsp3) is 0.158. The number of nitrogens with zero attached hydrogens (tertiary/aromatic N) is 2. The number of aryl methyl sites for hydroxylation is 2. The van der Waals surface area contributed by atoms with Crippen LogP contribution in [0.2, 0.25) is 0 Å². The van der Waals surface area contributed by atoms with Crippen molar-refractivity contribution in [1.82, 2.24) is 0 Å². The van der Waals surface area contributed by atoms with Gasteiger partial charge in [-0.3, -0.25) is 0 Å². The summed E-state index contributed by atoms with van der Waals surface area (Å²) in [5.41, 5.74) is 4.90. The lowest BCUT2D eigenvalue weighted by molar-refractivity contribution is -0.521. The Labute approximate surface area is 123 Å². The molecule has 21 heavy (non-hydrogen) atoms. The van der Waals surface area contributed by atoms with E-state index in [1.54, 1.807) is 0 Å². The van der Waals surface area contributed by atoms with Crippen molar-refractivity contribution < 1.29 is 4.24 Å². The van der Waals surface area contributed by atoms with Gasteiger partial charge in [0.2, 0.25) is 6.04 Å². The third-order valence-electron chi connectivity index (χ3n) is 4.01. The molecular weight excluding hydrogens is 256 g/mol. The first-order chi connectivity index (χ1) is 10.2. The molecule has 0 bridgehead atoms. The van der Waals surface area contributed by atoms with Gasteiger partial charge in [-0.15, -0.1) is 0 Å². The molecule has 4 rings (SSSR count). The lowest BCUT2D eigenvalue weighted by atomic mass is 10.0. The van der Waals surface area contributed by atoms with E-state index >= 15 is 0 Å². The van der Waals surface area contributed by atoms with E-state index in [-0.39, 0.29) is 6.04 Å². The average molecular weight is 273 g/mol. The van der Waals surface area contributed by atoms with E-state index in [1.807, 2.05) is 0 Å². The van der Waals surface area contributed by atoms with Crippen molar-refractivity contribution >= 4 is 10.8 Å². The Balaban J connectivity index is 1.94. The monoisotopic (exact) mass is 273 g/mol. The summed E-state index contributed by atoms with van der Waals surface area (Å²) in [6, 6.07) is 17.3. The molecule has 1 atom stereocenters.